The Morgan fingerprint density at radius 1 is 1.20 bits per heavy atom. The number of halogens is 1. The minimum atomic E-state index is -0.427. The molecule has 2 aromatic rings. The van der Waals surface area contributed by atoms with Crippen LogP contribution in [-0.2, 0) is 0 Å². The lowest BCUT2D eigenvalue weighted by Crippen LogP contribution is -2.17. The number of hydrogen-bond donors (Lipinski definition) is 3. The summed E-state index contributed by atoms with van der Waals surface area (Å²) in [5, 5.41) is 23.0. The number of nitrogens with one attached hydrogen (secondary N) is 1. The van der Waals surface area contributed by atoms with Crippen LogP contribution in [0.25, 0.3) is 0 Å². The van der Waals surface area contributed by atoms with Crippen LogP contribution >= 0.6 is 11.6 Å². The summed E-state index contributed by atoms with van der Waals surface area (Å²) < 4.78 is 0. The minimum Gasteiger partial charge on any atom is -0.504 e. The number of para-hydroxylation sites is 1. The van der Waals surface area contributed by atoms with Gasteiger partial charge >= 0.3 is 0 Å². The van der Waals surface area contributed by atoms with E-state index >= 15 is 0 Å². The van der Waals surface area contributed by atoms with Crippen LogP contribution in [-0.4, -0.2) is 22.3 Å². The summed E-state index contributed by atoms with van der Waals surface area (Å²) >= 11 is 5.78. The fourth-order valence-electron chi connectivity index (χ4n) is 1.51. The first kappa shape index (κ1) is 13.9. The van der Waals surface area contributed by atoms with Crippen molar-refractivity contribution in [2.24, 2.45) is 5.10 Å². The number of hydrazone groups is 1. The van der Waals surface area contributed by atoms with Crippen LogP contribution in [0, 0.1) is 0 Å². The van der Waals surface area contributed by atoms with Gasteiger partial charge in [-0.2, -0.15) is 5.10 Å². The van der Waals surface area contributed by atoms with Gasteiger partial charge in [0.2, 0.25) is 0 Å². The molecule has 102 valence electrons. The van der Waals surface area contributed by atoms with Crippen LogP contribution in [0.3, 0.4) is 0 Å². The van der Waals surface area contributed by atoms with Gasteiger partial charge in [-0.05, 0) is 30.3 Å². The SMILES string of the molecule is O=C(NN=Cc1cccc(O)c1O)c1cccc(Cl)c1. The highest BCUT2D eigenvalue weighted by Crippen LogP contribution is 2.26. The second-order valence-corrected chi connectivity index (χ2v) is 4.36. The number of aromatic hydroxyl groups is 2. The second kappa shape index (κ2) is 6.08. The van der Waals surface area contributed by atoms with E-state index in [1.165, 1.54) is 18.3 Å². The number of rotatable bonds is 3. The number of amides is 1. The van der Waals surface area contributed by atoms with Crippen molar-refractivity contribution in [2.75, 3.05) is 0 Å². The Kier molecular flexibility index (Phi) is 4.22. The molecule has 0 saturated heterocycles. The monoisotopic (exact) mass is 290 g/mol. The number of benzene rings is 2. The lowest BCUT2D eigenvalue weighted by molar-refractivity contribution is 0.0955. The highest BCUT2D eigenvalue weighted by atomic mass is 35.5. The van der Waals surface area contributed by atoms with Gasteiger partial charge in [-0.15, -0.1) is 0 Å². The van der Waals surface area contributed by atoms with Crippen molar-refractivity contribution in [1.29, 1.82) is 0 Å². The molecule has 0 unspecified atom stereocenters. The van der Waals surface area contributed by atoms with E-state index in [0.29, 0.717) is 10.6 Å². The Hall–Kier alpha value is -2.53. The molecule has 6 heteroatoms. The summed E-state index contributed by atoms with van der Waals surface area (Å²) in [7, 11) is 0. The molecule has 2 rings (SSSR count). The number of nitrogens with zero attached hydrogens (tertiary/aromatic N) is 1. The summed E-state index contributed by atoms with van der Waals surface area (Å²) in [4.78, 5) is 11.7. The zero-order valence-electron chi connectivity index (χ0n) is 10.2. The van der Waals surface area contributed by atoms with Crippen LogP contribution < -0.4 is 5.43 Å². The van der Waals surface area contributed by atoms with E-state index in [1.807, 2.05) is 0 Å². The van der Waals surface area contributed by atoms with Crippen molar-refractivity contribution in [3.63, 3.8) is 0 Å². The summed E-state index contributed by atoms with van der Waals surface area (Å²) in [6, 6.07) is 10.9. The predicted octanol–water partition coefficient (Wildman–Crippen LogP) is 2.52. The van der Waals surface area contributed by atoms with Gasteiger partial charge in [0.25, 0.3) is 5.91 Å². The average molecular weight is 291 g/mol. The van der Waals surface area contributed by atoms with E-state index in [2.05, 4.69) is 10.5 Å². The molecule has 3 N–H and O–H groups in total. The third-order valence-corrected chi connectivity index (χ3v) is 2.74. The normalized spacial score (nSPS) is 10.7. The van der Waals surface area contributed by atoms with Crippen molar-refractivity contribution >= 4 is 23.7 Å². The molecule has 0 aliphatic rings. The maximum Gasteiger partial charge on any atom is 0.271 e. The first-order chi connectivity index (χ1) is 9.58. The summed E-state index contributed by atoms with van der Waals surface area (Å²) in [5.74, 6) is -0.980. The third-order valence-electron chi connectivity index (χ3n) is 2.50. The largest absolute Gasteiger partial charge is 0.504 e. The number of hydrogen-bond acceptors (Lipinski definition) is 4. The van der Waals surface area contributed by atoms with E-state index in [1.54, 1.807) is 30.3 Å². The molecule has 0 radical (unpaired) electrons. The fraction of sp³-hybridized carbons (Fsp3) is 0. The first-order valence-electron chi connectivity index (χ1n) is 5.68. The number of carbonyl (C=O) groups is 1. The maximum atomic E-state index is 11.7. The van der Waals surface area contributed by atoms with E-state index in [0.717, 1.165) is 0 Å². The molecule has 0 heterocycles. The van der Waals surface area contributed by atoms with Gasteiger partial charge in [-0.3, -0.25) is 4.79 Å². The molecular formula is C14H11ClN2O3. The molecule has 2 aromatic carbocycles. The molecular weight excluding hydrogens is 280 g/mol. The summed E-state index contributed by atoms with van der Waals surface area (Å²) in [6.45, 7) is 0. The van der Waals surface area contributed by atoms with Crippen molar-refractivity contribution < 1.29 is 15.0 Å². The van der Waals surface area contributed by atoms with Crippen molar-refractivity contribution in [3.05, 3.63) is 58.6 Å². The molecule has 0 spiro atoms. The lowest BCUT2D eigenvalue weighted by Gasteiger charge is -2.02. The Morgan fingerprint density at radius 2 is 1.95 bits per heavy atom. The van der Waals surface area contributed by atoms with Gasteiger partial charge in [0.15, 0.2) is 11.5 Å². The van der Waals surface area contributed by atoms with Crippen molar-refractivity contribution in [2.45, 2.75) is 0 Å². The lowest BCUT2D eigenvalue weighted by atomic mass is 10.2. The topological polar surface area (TPSA) is 81.9 Å². The van der Waals surface area contributed by atoms with Crippen LogP contribution in [0.2, 0.25) is 5.02 Å². The number of phenolic OH excluding ortho intramolecular Hbond substituents is 2. The van der Waals surface area contributed by atoms with Gasteiger partial charge in [0.05, 0.1) is 6.21 Å². The molecule has 0 bridgehead atoms. The molecule has 20 heavy (non-hydrogen) atoms. The molecule has 0 atom stereocenters. The van der Waals surface area contributed by atoms with Crippen LogP contribution in [0.15, 0.2) is 47.6 Å². The zero-order chi connectivity index (χ0) is 14.5. The van der Waals surface area contributed by atoms with Gasteiger partial charge in [0, 0.05) is 16.1 Å². The third kappa shape index (κ3) is 3.27. The van der Waals surface area contributed by atoms with Gasteiger partial charge in [-0.25, -0.2) is 5.43 Å². The van der Waals surface area contributed by atoms with Crippen LogP contribution in [0.5, 0.6) is 11.5 Å². The Labute approximate surface area is 120 Å². The molecule has 0 aliphatic heterocycles. The minimum absolute atomic E-state index is 0.255. The molecule has 0 saturated carbocycles. The van der Waals surface area contributed by atoms with Crippen LogP contribution in [0.1, 0.15) is 15.9 Å². The van der Waals surface area contributed by atoms with Gasteiger partial charge < -0.3 is 10.2 Å². The van der Waals surface area contributed by atoms with Gasteiger partial charge in [-0.1, -0.05) is 23.7 Å². The van der Waals surface area contributed by atoms with E-state index in [4.69, 9.17) is 11.6 Å². The Balaban J connectivity index is 2.07. The summed E-state index contributed by atoms with van der Waals surface area (Å²) in [5.41, 5.74) is 2.96. The van der Waals surface area contributed by atoms with Crippen LogP contribution in [0.4, 0.5) is 0 Å². The fourth-order valence-corrected chi connectivity index (χ4v) is 1.70. The van der Waals surface area contributed by atoms with E-state index in [9.17, 15) is 15.0 Å². The average Bonchev–Trinajstić information content (AvgIpc) is 2.43. The molecule has 1 amide bonds. The smallest absolute Gasteiger partial charge is 0.271 e. The quantitative estimate of drug-likeness (QED) is 0.461. The Bertz CT molecular complexity index is 671. The highest BCUT2D eigenvalue weighted by Gasteiger charge is 2.05. The predicted molar refractivity (Wildman–Crippen MR) is 76.3 cm³/mol. The van der Waals surface area contributed by atoms with Crippen molar-refractivity contribution in [3.8, 4) is 11.5 Å². The maximum absolute atomic E-state index is 11.7. The highest BCUT2D eigenvalue weighted by molar-refractivity contribution is 6.30. The van der Waals surface area contributed by atoms with E-state index < -0.39 is 5.91 Å². The Morgan fingerprint density at radius 3 is 2.70 bits per heavy atom. The molecule has 0 aliphatic carbocycles. The summed E-state index contributed by atoms with van der Waals surface area (Å²) in [6.07, 6.45) is 1.23. The zero-order valence-corrected chi connectivity index (χ0v) is 11.0. The first-order valence-corrected chi connectivity index (χ1v) is 6.05. The van der Waals surface area contributed by atoms with Gasteiger partial charge in [0.1, 0.15) is 0 Å². The number of carbonyl (C=O) groups excluding carboxylic acids is 1. The van der Waals surface area contributed by atoms with E-state index in [-0.39, 0.29) is 17.1 Å². The van der Waals surface area contributed by atoms with Crippen molar-refractivity contribution in [1.82, 2.24) is 5.43 Å². The second-order valence-electron chi connectivity index (χ2n) is 3.92. The molecule has 0 aromatic heterocycles. The molecule has 0 fully saturated rings. The molecule has 5 nitrogen and oxygen atoms in total. The standard InChI is InChI=1S/C14H11ClN2O3/c15-11-5-1-3-9(7-11)14(20)17-16-8-10-4-2-6-12(18)13(10)19/h1-8,18-19H,(H,17,20). The number of phenols is 2.